The van der Waals surface area contributed by atoms with Gasteiger partial charge in [0.05, 0.1) is 11.5 Å². The minimum absolute atomic E-state index is 0.348. The van der Waals surface area contributed by atoms with Crippen molar-refractivity contribution in [1.29, 1.82) is 0 Å². The van der Waals surface area contributed by atoms with Crippen LogP contribution in [0.5, 0.6) is 0 Å². The van der Waals surface area contributed by atoms with Crippen molar-refractivity contribution in [3.05, 3.63) is 35.4 Å². The smallest absolute Gasteiger partial charge is 0.416 e. The van der Waals surface area contributed by atoms with E-state index < -0.39 is 17.7 Å². The first kappa shape index (κ1) is 12.9. The quantitative estimate of drug-likeness (QED) is 0.904. The molecule has 0 spiro atoms. The summed E-state index contributed by atoms with van der Waals surface area (Å²) in [5.74, 6) is -1.17. The summed E-state index contributed by atoms with van der Waals surface area (Å²) in [5.41, 5.74) is 0.0881. The fourth-order valence-corrected chi connectivity index (χ4v) is 1.91. The Balaban J connectivity index is 1.90. The van der Waals surface area contributed by atoms with Crippen LogP contribution in [0.3, 0.4) is 0 Å². The largest absolute Gasteiger partial charge is 0.481 e. The lowest BCUT2D eigenvalue weighted by atomic mass is 9.99. The molecular formula is C12H12F3NO2. The van der Waals surface area contributed by atoms with Gasteiger partial charge in [0.15, 0.2) is 0 Å². The molecule has 1 heterocycles. The minimum Gasteiger partial charge on any atom is -0.481 e. The van der Waals surface area contributed by atoms with Crippen LogP contribution < -0.4 is 0 Å². The Hall–Kier alpha value is -1.56. The Bertz CT molecular complexity index is 436. The Morgan fingerprint density at radius 1 is 1.28 bits per heavy atom. The second kappa shape index (κ2) is 4.61. The lowest BCUT2D eigenvalue weighted by Crippen LogP contribution is -2.49. The molecule has 2 rings (SSSR count). The van der Waals surface area contributed by atoms with Crippen LogP contribution in [0.4, 0.5) is 13.2 Å². The highest BCUT2D eigenvalue weighted by molar-refractivity contribution is 5.71. The van der Waals surface area contributed by atoms with Gasteiger partial charge in [0.25, 0.3) is 0 Å². The first-order valence-corrected chi connectivity index (χ1v) is 5.47. The summed E-state index contributed by atoms with van der Waals surface area (Å²) in [5, 5.41) is 8.69. The van der Waals surface area contributed by atoms with E-state index in [2.05, 4.69) is 0 Å². The molecule has 0 bridgehead atoms. The van der Waals surface area contributed by atoms with Gasteiger partial charge in [-0.05, 0) is 17.7 Å². The fraction of sp³-hybridized carbons (Fsp3) is 0.417. The molecule has 1 aliphatic heterocycles. The van der Waals surface area contributed by atoms with Crippen LogP contribution in [0.15, 0.2) is 24.3 Å². The monoisotopic (exact) mass is 259 g/mol. The average molecular weight is 259 g/mol. The molecule has 0 saturated carbocycles. The number of alkyl halides is 3. The van der Waals surface area contributed by atoms with Gasteiger partial charge in [-0.15, -0.1) is 0 Å². The van der Waals surface area contributed by atoms with Crippen LogP contribution in [0.2, 0.25) is 0 Å². The highest BCUT2D eigenvalue weighted by atomic mass is 19.4. The first-order chi connectivity index (χ1) is 8.36. The van der Waals surface area contributed by atoms with Gasteiger partial charge in [-0.1, -0.05) is 12.1 Å². The number of benzene rings is 1. The number of rotatable bonds is 3. The third-order valence-electron chi connectivity index (χ3n) is 2.99. The van der Waals surface area contributed by atoms with Crippen molar-refractivity contribution in [1.82, 2.24) is 4.90 Å². The lowest BCUT2D eigenvalue weighted by Gasteiger charge is -2.36. The zero-order valence-corrected chi connectivity index (χ0v) is 9.44. The molecule has 0 aliphatic carbocycles. The van der Waals surface area contributed by atoms with Crippen LogP contribution in [-0.4, -0.2) is 29.1 Å². The highest BCUT2D eigenvalue weighted by Gasteiger charge is 2.33. The number of halogens is 3. The molecule has 18 heavy (non-hydrogen) atoms. The van der Waals surface area contributed by atoms with E-state index in [4.69, 9.17) is 5.11 Å². The van der Waals surface area contributed by atoms with Crippen molar-refractivity contribution in [2.45, 2.75) is 12.7 Å². The molecule has 0 atom stereocenters. The Kier molecular flexibility index (Phi) is 3.30. The Labute approximate surface area is 102 Å². The molecule has 0 radical (unpaired) electrons. The molecule has 1 N–H and O–H groups in total. The molecule has 3 nitrogen and oxygen atoms in total. The second-order valence-corrected chi connectivity index (χ2v) is 4.42. The van der Waals surface area contributed by atoms with Gasteiger partial charge < -0.3 is 5.11 Å². The summed E-state index contributed by atoms with van der Waals surface area (Å²) in [4.78, 5) is 12.5. The lowest BCUT2D eigenvalue weighted by molar-refractivity contribution is -0.147. The predicted molar refractivity (Wildman–Crippen MR) is 57.8 cm³/mol. The average Bonchev–Trinajstić information content (AvgIpc) is 2.21. The summed E-state index contributed by atoms with van der Waals surface area (Å²) in [6, 6.07) is 4.95. The molecule has 98 valence electrons. The highest BCUT2D eigenvalue weighted by Crippen LogP contribution is 2.29. The van der Waals surface area contributed by atoms with Crippen LogP contribution in [0, 0.1) is 5.92 Å². The molecule has 0 unspecified atom stereocenters. The summed E-state index contributed by atoms with van der Waals surface area (Å²) < 4.78 is 37.0. The topological polar surface area (TPSA) is 40.5 Å². The molecule has 0 amide bonds. The third kappa shape index (κ3) is 2.81. The number of hydrogen-bond acceptors (Lipinski definition) is 2. The molecule has 1 fully saturated rings. The Morgan fingerprint density at radius 2 is 1.83 bits per heavy atom. The van der Waals surface area contributed by atoms with Crippen molar-refractivity contribution in [2.75, 3.05) is 13.1 Å². The summed E-state index contributed by atoms with van der Waals surface area (Å²) >= 11 is 0. The van der Waals surface area contributed by atoms with Crippen molar-refractivity contribution >= 4 is 5.97 Å². The van der Waals surface area contributed by atoms with Crippen molar-refractivity contribution in [3.63, 3.8) is 0 Å². The van der Waals surface area contributed by atoms with E-state index in [-0.39, 0.29) is 5.92 Å². The molecule has 1 aliphatic rings. The predicted octanol–water partition coefficient (Wildman–Crippen LogP) is 2.22. The minimum atomic E-state index is -4.32. The number of hydrogen-bond donors (Lipinski definition) is 1. The molecule has 1 aromatic rings. The van der Waals surface area contributed by atoms with E-state index in [1.165, 1.54) is 12.1 Å². The van der Waals surface area contributed by atoms with E-state index >= 15 is 0 Å². The number of aliphatic carboxylic acids is 1. The van der Waals surface area contributed by atoms with Crippen LogP contribution >= 0.6 is 0 Å². The zero-order chi connectivity index (χ0) is 13.3. The number of nitrogens with zero attached hydrogens (tertiary/aromatic N) is 1. The summed E-state index contributed by atoms with van der Waals surface area (Å²) in [7, 11) is 0. The SMILES string of the molecule is O=C(O)C1CN(Cc2ccc(C(F)(F)F)cc2)C1. The fourth-order valence-electron chi connectivity index (χ4n) is 1.91. The van der Waals surface area contributed by atoms with Crippen molar-refractivity contribution in [3.8, 4) is 0 Å². The van der Waals surface area contributed by atoms with Gasteiger partial charge in [0, 0.05) is 19.6 Å². The first-order valence-electron chi connectivity index (χ1n) is 5.47. The number of carboxylic acid groups (broad SMARTS) is 1. The molecule has 1 saturated heterocycles. The summed E-state index contributed by atoms with van der Waals surface area (Å²) in [6.07, 6.45) is -4.32. The normalized spacial score (nSPS) is 17.5. The Morgan fingerprint density at radius 3 is 2.28 bits per heavy atom. The van der Waals surface area contributed by atoms with E-state index in [1.807, 2.05) is 4.90 Å². The van der Waals surface area contributed by atoms with E-state index in [0.29, 0.717) is 19.6 Å². The number of likely N-dealkylation sites (tertiary alicyclic amines) is 1. The number of carbonyl (C=O) groups is 1. The maximum absolute atomic E-state index is 12.3. The maximum atomic E-state index is 12.3. The maximum Gasteiger partial charge on any atom is 0.416 e. The number of carboxylic acids is 1. The van der Waals surface area contributed by atoms with Gasteiger partial charge in [0.1, 0.15) is 0 Å². The van der Waals surface area contributed by atoms with Crippen LogP contribution in [0.1, 0.15) is 11.1 Å². The van der Waals surface area contributed by atoms with E-state index in [1.54, 1.807) is 0 Å². The van der Waals surface area contributed by atoms with Gasteiger partial charge in [0.2, 0.25) is 0 Å². The standard InChI is InChI=1S/C12H12F3NO2/c13-12(14,15)10-3-1-8(2-4-10)5-16-6-9(7-16)11(17)18/h1-4,9H,5-7H2,(H,17,18). The zero-order valence-electron chi connectivity index (χ0n) is 9.44. The van der Waals surface area contributed by atoms with E-state index in [0.717, 1.165) is 17.7 Å². The molecular weight excluding hydrogens is 247 g/mol. The van der Waals surface area contributed by atoms with Crippen molar-refractivity contribution in [2.24, 2.45) is 5.92 Å². The molecule has 0 aromatic heterocycles. The molecule has 1 aromatic carbocycles. The summed E-state index contributed by atoms with van der Waals surface area (Å²) in [6.45, 7) is 1.40. The van der Waals surface area contributed by atoms with E-state index in [9.17, 15) is 18.0 Å². The third-order valence-corrected chi connectivity index (χ3v) is 2.99. The second-order valence-electron chi connectivity index (χ2n) is 4.42. The van der Waals surface area contributed by atoms with Gasteiger partial charge >= 0.3 is 12.1 Å². The van der Waals surface area contributed by atoms with Gasteiger partial charge in [-0.2, -0.15) is 13.2 Å². The van der Waals surface area contributed by atoms with Crippen molar-refractivity contribution < 1.29 is 23.1 Å². The van der Waals surface area contributed by atoms with Crippen LogP contribution in [0.25, 0.3) is 0 Å². The van der Waals surface area contributed by atoms with Gasteiger partial charge in [-0.25, -0.2) is 0 Å². The molecule has 6 heteroatoms. The van der Waals surface area contributed by atoms with Gasteiger partial charge in [-0.3, -0.25) is 9.69 Å². The van der Waals surface area contributed by atoms with Crippen LogP contribution in [-0.2, 0) is 17.5 Å².